The lowest BCUT2D eigenvalue weighted by Crippen LogP contribution is -2.40. The minimum atomic E-state index is -0.223. The maximum atomic E-state index is 12.6. The maximum Gasteiger partial charge on any atom is 0.257 e. The zero-order valence-electron chi connectivity index (χ0n) is 11.6. The second-order valence-corrected chi connectivity index (χ2v) is 5.28. The summed E-state index contributed by atoms with van der Waals surface area (Å²) in [5, 5.41) is 19.3. The summed E-state index contributed by atoms with van der Waals surface area (Å²) in [6.07, 6.45) is 4.99. The predicted octanol–water partition coefficient (Wildman–Crippen LogP) is 1.83. The van der Waals surface area contributed by atoms with E-state index in [0.29, 0.717) is 13.1 Å². The van der Waals surface area contributed by atoms with Gasteiger partial charge in [-0.1, -0.05) is 12.8 Å². The van der Waals surface area contributed by atoms with Crippen LogP contribution in [-0.4, -0.2) is 40.2 Å². The van der Waals surface area contributed by atoms with E-state index in [-0.39, 0.29) is 29.0 Å². The summed E-state index contributed by atoms with van der Waals surface area (Å²) in [7, 11) is 0. The second kappa shape index (κ2) is 6.61. The first kappa shape index (κ1) is 14.7. The number of phenols is 2. The van der Waals surface area contributed by atoms with Crippen LogP contribution in [0.15, 0.2) is 18.2 Å². The molecule has 0 atom stereocenters. The molecule has 0 aromatic heterocycles. The first-order valence-corrected chi connectivity index (χ1v) is 7.16. The molecule has 0 bridgehead atoms. The van der Waals surface area contributed by atoms with Gasteiger partial charge >= 0.3 is 0 Å². The summed E-state index contributed by atoms with van der Waals surface area (Å²) in [5.74, 6) is -0.335. The smallest absolute Gasteiger partial charge is 0.257 e. The molecule has 1 aliphatic carbocycles. The van der Waals surface area contributed by atoms with Crippen LogP contribution in [0.2, 0.25) is 0 Å². The van der Waals surface area contributed by atoms with Crippen molar-refractivity contribution in [2.75, 3.05) is 13.1 Å². The van der Waals surface area contributed by atoms with Crippen molar-refractivity contribution >= 4 is 5.91 Å². The van der Waals surface area contributed by atoms with Gasteiger partial charge in [-0.3, -0.25) is 4.79 Å². The second-order valence-electron chi connectivity index (χ2n) is 5.28. The summed E-state index contributed by atoms with van der Waals surface area (Å²) >= 11 is 0. The van der Waals surface area contributed by atoms with Gasteiger partial charge in [-0.15, -0.1) is 0 Å². The molecule has 4 N–H and O–H groups in total. The Morgan fingerprint density at radius 1 is 1.30 bits per heavy atom. The lowest BCUT2D eigenvalue weighted by Gasteiger charge is -2.29. The van der Waals surface area contributed by atoms with Crippen molar-refractivity contribution < 1.29 is 15.0 Å². The molecule has 1 aromatic carbocycles. The number of nitrogens with two attached hydrogens (primary N) is 1. The highest BCUT2D eigenvalue weighted by molar-refractivity contribution is 5.97. The van der Waals surface area contributed by atoms with Gasteiger partial charge in [-0.2, -0.15) is 0 Å². The molecule has 1 aliphatic rings. The summed E-state index contributed by atoms with van der Waals surface area (Å²) < 4.78 is 0. The highest BCUT2D eigenvalue weighted by Crippen LogP contribution is 2.28. The van der Waals surface area contributed by atoms with Crippen LogP contribution in [0.3, 0.4) is 0 Å². The zero-order valence-corrected chi connectivity index (χ0v) is 11.6. The van der Waals surface area contributed by atoms with E-state index in [1.54, 1.807) is 4.90 Å². The van der Waals surface area contributed by atoms with Gasteiger partial charge in [0.15, 0.2) is 0 Å². The number of amides is 1. The minimum absolute atomic E-state index is 0.0173. The SMILES string of the molecule is NCCCN(C(=O)c1cc(O)ccc1O)C1CCCC1. The fraction of sp³-hybridized carbons (Fsp3) is 0.533. The first-order valence-electron chi connectivity index (χ1n) is 7.16. The Labute approximate surface area is 119 Å². The molecular formula is C15H22N2O3. The third kappa shape index (κ3) is 3.22. The molecule has 1 aromatic rings. The molecule has 5 nitrogen and oxygen atoms in total. The molecule has 0 unspecified atom stereocenters. The van der Waals surface area contributed by atoms with E-state index in [2.05, 4.69) is 0 Å². The maximum absolute atomic E-state index is 12.6. The third-order valence-corrected chi connectivity index (χ3v) is 3.84. The monoisotopic (exact) mass is 278 g/mol. The van der Waals surface area contributed by atoms with Crippen molar-refractivity contribution in [2.45, 2.75) is 38.1 Å². The van der Waals surface area contributed by atoms with E-state index in [0.717, 1.165) is 32.1 Å². The predicted molar refractivity (Wildman–Crippen MR) is 76.7 cm³/mol. The van der Waals surface area contributed by atoms with Crippen LogP contribution in [0.5, 0.6) is 11.5 Å². The van der Waals surface area contributed by atoms with Gasteiger partial charge in [-0.25, -0.2) is 0 Å². The van der Waals surface area contributed by atoms with E-state index in [9.17, 15) is 15.0 Å². The molecule has 0 saturated heterocycles. The van der Waals surface area contributed by atoms with E-state index in [1.807, 2.05) is 0 Å². The molecule has 0 heterocycles. The molecule has 1 amide bonds. The standard InChI is InChI=1S/C15H22N2O3/c16-8-3-9-17(11-4-1-2-5-11)15(20)13-10-12(18)6-7-14(13)19/h6-7,10-11,18-19H,1-5,8-9,16H2. The summed E-state index contributed by atoms with van der Waals surface area (Å²) in [6.45, 7) is 1.12. The van der Waals surface area contributed by atoms with Crippen LogP contribution < -0.4 is 5.73 Å². The Morgan fingerprint density at radius 2 is 2.00 bits per heavy atom. The van der Waals surface area contributed by atoms with E-state index >= 15 is 0 Å². The topological polar surface area (TPSA) is 86.8 Å². The van der Waals surface area contributed by atoms with E-state index in [4.69, 9.17) is 5.73 Å². The quantitative estimate of drug-likeness (QED) is 0.717. The lowest BCUT2D eigenvalue weighted by molar-refractivity contribution is 0.0677. The number of carbonyl (C=O) groups is 1. The zero-order chi connectivity index (χ0) is 14.5. The average molecular weight is 278 g/mol. The van der Waals surface area contributed by atoms with Gasteiger partial charge in [-0.05, 0) is 44.0 Å². The van der Waals surface area contributed by atoms with Crippen LogP contribution in [0.1, 0.15) is 42.5 Å². The van der Waals surface area contributed by atoms with Crippen molar-refractivity contribution in [1.82, 2.24) is 4.90 Å². The Hall–Kier alpha value is -1.75. The van der Waals surface area contributed by atoms with Crippen molar-refractivity contribution in [3.05, 3.63) is 23.8 Å². The molecule has 0 aliphatic heterocycles. The van der Waals surface area contributed by atoms with Crippen molar-refractivity contribution in [1.29, 1.82) is 0 Å². The van der Waals surface area contributed by atoms with Crippen molar-refractivity contribution in [3.63, 3.8) is 0 Å². The van der Waals surface area contributed by atoms with Crippen LogP contribution in [0, 0.1) is 0 Å². The van der Waals surface area contributed by atoms with E-state index in [1.165, 1.54) is 18.2 Å². The number of phenolic OH excluding ortho intramolecular Hbond substituents is 2. The Bertz CT molecular complexity index is 470. The van der Waals surface area contributed by atoms with Gasteiger partial charge in [0, 0.05) is 12.6 Å². The number of hydrogen-bond acceptors (Lipinski definition) is 4. The highest BCUT2D eigenvalue weighted by atomic mass is 16.3. The number of benzene rings is 1. The number of hydrogen-bond donors (Lipinski definition) is 3. The highest BCUT2D eigenvalue weighted by Gasteiger charge is 2.28. The van der Waals surface area contributed by atoms with Gasteiger partial charge in [0.05, 0.1) is 5.56 Å². The van der Waals surface area contributed by atoms with E-state index < -0.39 is 0 Å². The molecular weight excluding hydrogens is 256 g/mol. The van der Waals surface area contributed by atoms with Crippen molar-refractivity contribution in [3.8, 4) is 11.5 Å². The molecule has 20 heavy (non-hydrogen) atoms. The molecule has 1 fully saturated rings. The average Bonchev–Trinajstić information content (AvgIpc) is 2.95. The van der Waals surface area contributed by atoms with Crippen LogP contribution in [-0.2, 0) is 0 Å². The molecule has 110 valence electrons. The Balaban J connectivity index is 2.22. The van der Waals surface area contributed by atoms with Crippen LogP contribution >= 0.6 is 0 Å². The molecule has 2 rings (SSSR count). The molecule has 0 spiro atoms. The number of nitrogens with zero attached hydrogens (tertiary/aromatic N) is 1. The minimum Gasteiger partial charge on any atom is -0.508 e. The Morgan fingerprint density at radius 3 is 2.65 bits per heavy atom. The number of carbonyl (C=O) groups excluding carboxylic acids is 1. The summed E-state index contributed by atoms with van der Waals surface area (Å²) in [4.78, 5) is 14.4. The van der Waals surface area contributed by atoms with Gasteiger partial charge < -0.3 is 20.8 Å². The lowest BCUT2D eigenvalue weighted by atomic mass is 10.1. The van der Waals surface area contributed by atoms with Gasteiger partial charge in [0.2, 0.25) is 0 Å². The van der Waals surface area contributed by atoms with Gasteiger partial charge in [0.25, 0.3) is 5.91 Å². The van der Waals surface area contributed by atoms with Gasteiger partial charge in [0.1, 0.15) is 11.5 Å². The fourth-order valence-corrected chi connectivity index (χ4v) is 2.78. The van der Waals surface area contributed by atoms with Crippen LogP contribution in [0.4, 0.5) is 0 Å². The summed E-state index contributed by atoms with van der Waals surface area (Å²) in [6, 6.07) is 4.25. The number of rotatable bonds is 5. The Kier molecular flexibility index (Phi) is 4.84. The summed E-state index contributed by atoms with van der Waals surface area (Å²) in [5.41, 5.74) is 5.70. The largest absolute Gasteiger partial charge is 0.508 e. The third-order valence-electron chi connectivity index (χ3n) is 3.84. The van der Waals surface area contributed by atoms with Crippen molar-refractivity contribution in [2.24, 2.45) is 5.73 Å². The molecule has 5 heteroatoms. The van der Waals surface area contributed by atoms with Crippen LogP contribution in [0.25, 0.3) is 0 Å². The molecule has 1 saturated carbocycles. The number of aromatic hydroxyl groups is 2. The fourth-order valence-electron chi connectivity index (χ4n) is 2.78. The molecule has 0 radical (unpaired) electrons. The normalized spacial score (nSPS) is 15.4. The first-order chi connectivity index (χ1) is 9.63.